The first-order chi connectivity index (χ1) is 7.76. The van der Waals surface area contributed by atoms with Crippen molar-refractivity contribution >= 4 is 15.9 Å². The number of hydrogen-bond acceptors (Lipinski definition) is 2. The fraction of sp³-hybridized carbons (Fsp3) is 0.250. The fourth-order valence-corrected chi connectivity index (χ4v) is 2.23. The molecule has 0 saturated carbocycles. The number of rotatable bonds is 3. The van der Waals surface area contributed by atoms with Gasteiger partial charge in [-0.25, -0.2) is 0 Å². The number of aromatic amines is 1. The Balaban J connectivity index is 2.38. The lowest BCUT2D eigenvalue weighted by Crippen LogP contribution is -1.83. The molecule has 0 radical (unpaired) electrons. The Kier molecular flexibility index (Phi) is 3.29. The zero-order valence-electron chi connectivity index (χ0n) is 9.25. The van der Waals surface area contributed by atoms with Gasteiger partial charge in [0.1, 0.15) is 11.4 Å². The van der Waals surface area contributed by atoms with Crippen LogP contribution in [0.1, 0.15) is 12.6 Å². The van der Waals surface area contributed by atoms with E-state index in [2.05, 4.69) is 33.1 Å². The van der Waals surface area contributed by atoms with E-state index < -0.39 is 0 Å². The van der Waals surface area contributed by atoms with Gasteiger partial charge in [-0.2, -0.15) is 5.10 Å². The third-order valence-corrected chi connectivity index (χ3v) is 3.35. The number of benzene rings is 1. The molecule has 0 aliphatic carbocycles. The summed E-state index contributed by atoms with van der Waals surface area (Å²) in [4.78, 5) is 0. The molecule has 2 rings (SSSR count). The number of hydrogen-bond donors (Lipinski definition) is 1. The van der Waals surface area contributed by atoms with Gasteiger partial charge in [-0.05, 0) is 46.6 Å². The van der Waals surface area contributed by atoms with Crippen molar-refractivity contribution < 1.29 is 4.74 Å². The monoisotopic (exact) mass is 280 g/mol. The van der Waals surface area contributed by atoms with Crippen molar-refractivity contribution in [2.24, 2.45) is 0 Å². The molecule has 3 nitrogen and oxygen atoms in total. The summed E-state index contributed by atoms with van der Waals surface area (Å²) in [5.41, 5.74) is 3.13. The van der Waals surface area contributed by atoms with Crippen molar-refractivity contribution in [2.75, 3.05) is 7.11 Å². The molecule has 1 aromatic heterocycles. The van der Waals surface area contributed by atoms with Crippen LogP contribution in [0.25, 0.3) is 11.3 Å². The van der Waals surface area contributed by atoms with Crippen molar-refractivity contribution in [1.82, 2.24) is 10.2 Å². The molecule has 1 N–H and O–H groups in total. The molecule has 1 aromatic carbocycles. The van der Waals surface area contributed by atoms with Crippen LogP contribution in [0.15, 0.2) is 28.7 Å². The second kappa shape index (κ2) is 4.70. The SMILES string of the molecule is CCc1[nH]nc(-c2ccc(OC)cc2)c1Br. The average molecular weight is 281 g/mol. The quantitative estimate of drug-likeness (QED) is 0.936. The van der Waals surface area contributed by atoms with Gasteiger partial charge in [0.2, 0.25) is 0 Å². The largest absolute Gasteiger partial charge is 0.497 e. The number of aryl methyl sites for hydroxylation is 1. The molecule has 0 aliphatic heterocycles. The molecule has 16 heavy (non-hydrogen) atoms. The van der Waals surface area contributed by atoms with E-state index in [-0.39, 0.29) is 0 Å². The molecular weight excluding hydrogens is 268 g/mol. The molecule has 0 fully saturated rings. The number of H-pyrrole nitrogens is 1. The predicted molar refractivity (Wildman–Crippen MR) is 67.7 cm³/mol. The lowest BCUT2D eigenvalue weighted by atomic mass is 10.1. The Morgan fingerprint density at radius 1 is 1.31 bits per heavy atom. The van der Waals surface area contributed by atoms with Gasteiger partial charge < -0.3 is 4.74 Å². The Hall–Kier alpha value is -1.29. The normalized spacial score (nSPS) is 10.4. The Labute approximate surface area is 103 Å². The second-order valence-electron chi connectivity index (χ2n) is 3.45. The molecule has 0 aliphatic rings. The van der Waals surface area contributed by atoms with E-state index >= 15 is 0 Å². The summed E-state index contributed by atoms with van der Waals surface area (Å²) in [6, 6.07) is 7.86. The summed E-state index contributed by atoms with van der Waals surface area (Å²) in [6.45, 7) is 2.09. The molecule has 0 saturated heterocycles. The lowest BCUT2D eigenvalue weighted by molar-refractivity contribution is 0.415. The van der Waals surface area contributed by atoms with Gasteiger partial charge >= 0.3 is 0 Å². The highest BCUT2D eigenvalue weighted by molar-refractivity contribution is 9.10. The fourth-order valence-electron chi connectivity index (χ4n) is 1.54. The lowest BCUT2D eigenvalue weighted by Gasteiger charge is -2.01. The maximum absolute atomic E-state index is 5.12. The molecule has 0 spiro atoms. The molecule has 4 heteroatoms. The van der Waals surface area contributed by atoms with Gasteiger partial charge in [-0.3, -0.25) is 5.10 Å². The Bertz CT molecular complexity index is 476. The molecular formula is C12H13BrN2O. The molecule has 0 amide bonds. The van der Waals surface area contributed by atoms with Crippen molar-refractivity contribution in [3.63, 3.8) is 0 Å². The van der Waals surface area contributed by atoms with Gasteiger partial charge in [0.05, 0.1) is 11.6 Å². The van der Waals surface area contributed by atoms with Gasteiger partial charge in [0.25, 0.3) is 0 Å². The maximum atomic E-state index is 5.12. The summed E-state index contributed by atoms with van der Waals surface area (Å²) >= 11 is 3.56. The first kappa shape index (κ1) is 11.2. The van der Waals surface area contributed by atoms with Crippen LogP contribution in [0.3, 0.4) is 0 Å². The van der Waals surface area contributed by atoms with Crippen LogP contribution in [0.5, 0.6) is 5.75 Å². The van der Waals surface area contributed by atoms with Crippen LogP contribution in [0.4, 0.5) is 0 Å². The Morgan fingerprint density at radius 2 is 2.00 bits per heavy atom. The minimum atomic E-state index is 0.853. The average Bonchev–Trinajstić information content (AvgIpc) is 2.70. The zero-order valence-corrected chi connectivity index (χ0v) is 10.8. The topological polar surface area (TPSA) is 37.9 Å². The van der Waals surface area contributed by atoms with Crippen molar-refractivity contribution in [1.29, 1.82) is 0 Å². The zero-order chi connectivity index (χ0) is 11.5. The van der Waals surface area contributed by atoms with Crippen LogP contribution in [0.2, 0.25) is 0 Å². The van der Waals surface area contributed by atoms with Crippen LogP contribution in [-0.2, 0) is 6.42 Å². The van der Waals surface area contributed by atoms with Gasteiger partial charge in [-0.1, -0.05) is 6.92 Å². The number of nitrogens with one attached hydrogen (secondary N) is 1. The predicted octanol–water partition coefficient (Wildman–Crippen LogP) is 3.41. The third kappa shape index (κ3) is 1.97. The number of ether oxygens (including phenoxy) is 1. The number of halogens is 1. The van der Waals surface area contributed by atoms with Gasteiger partial charge in [0, 0.05) is 11.3 Å². The standard InChI is InChI=1S/C12H13BrN2O/c1-3-10-11(13)12(15-14-10)8-4-6-9(16-2)7-5-8/h4-7H,3H2,1-2H3,(H,14,15). The molecule has 0 unspecified atom stereocenters. The number of methoxy groups -OCH3 is 1. The number of nitrogens with zero attached hydrogens (tertiary/aromatic N) is 1. The van der Waals surface area contributed by atoms with Gasteiger partial charge in [0.15, 0.2) is 0 Å². The molecule has 0 bridgehead atoms. The molecule has 1 heterocycles. The molecule has 2 aromatic rings. The van der Waals surface area contributed by atoms with Crippen LogP contribution >= 0.6 is 15.9 Å². The summed E-state index contributed by atoms with van der Waals surface area (Å²) in [5, 5.41) is 7.32. The third-order valence-electron chi connectivity index (χ3n) is 2.49. The molecule has 84 valence electrons. The van der Waals surface area contributed by atoms with E-state index in [1.54, 1.807) is 7.11 Å². The van der Waals surface area contributed by atoms with Crippen molar-refractivity contribution in [3.05, 3.63) is 34.4 Å². The first-order valence-electron chi connectivity index (χ1n) is 5.13. The van der Waals surface area contributed by atoms with Crippen LogP contribution in [-0.4, -0.2) is 17.3 Å². The van der Waals surface area contributed by atoms with Gasteiger partial charge in [-0.15, -0.1) is 0 Å². The highest BCUT2D eigenvalue weighted by Gasteiger charge is 2.10. The van der Waals surface area contributed by atoms with Crippen LogP contribution in [0, 0.1) is 0 Å². The number of aromatic nitrogens is 2. The summed E-state index contributed by atoms with van der Waals surface area (Å²) in [7, 11) is 1.66. The second-order valence-corrected chi connectivity index (χ2v) is 4.24. The first-order valence-corrected chi connectivity index (χ1v) is 5.92. The van der Waals surface area contributed by atoms with E-state index in [1.807, 2.05) is 24.3 Å². The minimum absolute atomic E-state index is 0.853. The van der Waals surface area contributed by atoms with E-state index in [0.717, 1.165) is 33.6 Å². The smallest absolute Gasteiger partial charge is 0.118 e. The van der Waals surface area contributed by atoms with E-state index in [1.165, 1.54) is 0 Å². The maximum Gasteiger partial charge on any atom is 0.118 e. The van der Waals surface area contributed by atoms with Crippen molar-refractivity contribution in [3.8, 4) is 17.0 Å². The highest BCUT2D eigenvalue weighted by atomic mass is 79.9. The molecule has 0 atom stereocenters. The minimum Gasteiger partial charge on any atom is -0.497 e. The van der Waals surface area contributed by atoms with E-state index in [4.69, 9.17) is 4.74 Å². The Morgan fingerprint density at radius 3 is 2.50 bits per heavy atom. The summed E-state index contributed by atoms with van der Waals surface area (Å²) in [6.07, 6.45) is 0.934. The van der Waals surface area contributed by atoms with E-state index in [9.17, 15) is 0 Å². The van der Waals surface area contributed by atoms with Crippen molar-refractivity contribution in [2.45, 2.75) is 13.3 Å². The summed E-state index contributed by atoms with van der Waals surface area (Å²) in [5.74, 6) is 0.853. The highest BCUT2D eigenvalue weighted by Crippen LogP contribution is 2.29. The summed E-state index contributed by atoms with van der Waals surface area (Å²) < 4.78 is 6.16. The van der Waals surface area contributed by atoms with Crippen LogP contribution < -0.4 is 4.74 Å². The van der Waals surface area contributed by atoms with E-state index in [0.29, 0.717) is 0 Å².